The minimum Gasteiger partial charge on any atom is -0.337 e. The van der Waals surface area contributed by atoms with Crippen molar-refractivity contribution in [1.82, 2.24) is 26.0 Å². The lowest BCUT2D eigenvalue weighted by molar-refractivity contribution is -0.125. The normalized spacial score (nSPS) is 40.2. The van der Waals surface area contributed by atoms with Crippen LogP contribution in [0.4, 0.5) is 0 Å². The van der Waals surface area contributed by atoms with Crippen molar-refractivity contribution < 1.29 is 4.79 Å². The first-order valence-corrected chi connectivity index (χ1v) is 10.1. The van der Waals surface area contributed by atoms with Gasteiger partial charge in [-0.3, -0.25) is 20.9 Å². The van der Waals surface area contributed by atoms with Crippen LogP contribution in [0.1, 0.15) is 38.5 Å². The Morgan fingerprint density at radius 1 is 1.08 bits per heavy atom. The Morgan fingerprint density at radius 3 is 2.56 bits per heavy atom. The monoisotopic (exact) mass is 347 g/mol. The van der Waals surface area contributed by atoms with Crippen LogP contribution in [0.3, 0.4) is 0 Å². The quantitative estimate of drug-likeness (QED) is 0.656. The number of amides is 1. The lowest BCUT2D eigenvalue weighted by atomic mass is 9.81. The molecule has 6 nitrogen and oxygen atoms in total. The number of nitrogens with zero attached hydrogens (tertiary/aromatic N) is 2. The zero-order chi connectivity index (χ0) is 17.4. The fraction of sp³-hybridized carbons (Fsp3) is 0.842. The SMILES string of the molecule is C=CC(=O)N1CC2NC(C3CCCCC3)NC(C3CCN(C)N3)C2C1. The summed E-state index contributed by atoms with van der Waals surface area (Å²) in [5.41, 5.74) is 3.64. The second-order valence-electron chi connectivity index (χ2n) is 8.40. The number of hydrogen-bond donors (Lipinski definition) is 3. The van der Waals surface area contributed by atoms with E-state index in [1.807, 2.05) is 4.90 Å². The van der Waals surface area contributed by atoms with Gasteiger partial charge in [-0.1, -0.05) is 25.8 Å². The molecule has 1 aliphatic carbocycles. The largest absolute Gasteiger partial charge is 0.337 e. The van der Waals surface area contributed by atoms with E-state index < -0.39 is 0 Å². The molecule has 25 heavy (non-hydrogen) atoms. The second-order valence-corrected chi connectivity index (χ2v) is 8.40. The molecule has 140 valence electrons. The smallest absolute Gasteiger partial charge is 0.246 e. The highest BCUT2D eigenvalue weighted by molar-refractivity contribution is 5.87. The van der Waals surface area contributed by atoms with E-state index >= 15 is 0 Å². The maximum atomic E-state index is 12.2. The number of rotatable bonds is 3. The molecule has 0 spiro atoms. The van der Waals surface area contributed by atoms with E-state index in [0.29, 0.717) is 30.2 Å². The van der Waals surface area contributed by atoms with Gasteiger partial charge in [0.05, 0.1) is 6.17 Å². The van der Waals surface area contributed by atoms with Gasteiger partial charge in [0.1, 0.15) is 0 Å². The van der Waals surface area contributed by atoms with Gasteiger partial charge in [-0.15, -0.1) is 0 Å². The Labute approximate surface area is 151 Å². The molecule has 0 aromatic carbocycles. The van der Waals surface area contributed by atoms with E-state index in [1.165, 1.54) is 44.6 Å². The first kappa shape index (κ1) is 17.5. The van der Waals surface area contributed by atoms with Crippen molar-refractivity contribution in [1.29, 1.82) is 0 Å². The van der Waals surface area contributed by atoms with E-state index in [0.717, 1.165) is 25.6 Å². The molecule has 5 unspecified atom stereocenters. The number of hydrogen-bond acceptors (Lipinski definition) is 5. The van der Waals surface area contributed by atoms with Crippen molar-refractivity contribution in [2.75, 3.05) is 26.7 Å². The molecule has 3 aliphatic heterocycles. The fourth-order valence-electron chi connectivity index (χ4n) is 5.45. The molecule has 0 aromatic heterocycles. The third kappa shape index (κ3) is 3.50. The maximum absolute atomic E-state index is 12.2. The molecule has 3 N–H and O–H groups in total. The Balaban J connectivity index is 1.51. The third-order valence-corrected chi connectivity index (χ3v) is 6.79. The van der Waals surface area contributed by atoms with Crippen LogP contribution in [0.2, 0.25) is 0 Å². The molecule has 4 aliphatic rings. The minimum atomic E-state index is 0.0701. The standard InChI is InChI=1S/C19H33N5O/c1-3-17(25)24-11-14-16(12-24)20-19(13-7-5-4-6-8-13)21-18(14)15-9-10-23(2)22-15/h3,13-16,18-22H,1,4-12H2,2H3. The van der Waals surface area contributed by atoms with Gasteiger partial charge in [-0.2, -0.15) is 0 Å². The molecular weight excluding hydrogens is 314 g/mol. The number of hydrazine groups is 1. The van der Waals surface area contributed by atoms with Crippen LogP contribution in [0.5, 0.6) is 0 Å². The molecule has 3 heterocycles. The first-order valence-electron chi connectivity index (χ1n) is 10.1. The van der Waals surface area contributed by atoms with E-state index in [-0.39, 0.29) is 5.91 Å². The summed E-state index contributed by atoms with van der Waals surface area (Å²) >= 11 is 0. The number of carbonyl (C=O) groups excluding carboxylic acids is 1. The fourth-order valence-corrected chi connectivity index (χ4v) is 5.45. The van der Waals surface area contributed by atoms with E-state index in [4.69, 9.17) is 0 Å². The summed E-state index contributed by atoms with van der Waals surface area (Å²) in [7, 11) is 2.12. The van der Waals surface area contributed by atoms with Crippen molar-refractivity contribution in [3.8, 4) is 0 Å². The summed E-state index contributed by atoms with van der Waals surface area (Å²) in [6, 6.07) is 1.28. The summed E-state index contributed by atoms with van der Waals surface area (Å²) in [5.74, 6) is 1.26. The van der Waals surface area contributed by atoms with Crippen molar-refractivity contribution in [2.45, 2.75) is 62.8 Å². The van der Waals surface area contributed by atoms with Gasteiger partial charge in [0.15, 0.2) is 0 Å². The topological polar surface area (TPSA) is 59.6 Å². The molecule has 0 radical (unpaired) electrons. The highest BCUT2D eigenvalue weighted by atomic mass is 16.2. The Kier molecular flexibility index (Phi) is 5.13. The molecule has 1 saturated carbocycles. The lowest BCUT2D eigenvalue weighted by Crippen LogP contribution is -2.69. The van der Waals surface area contributed by atoms with Gasteiger partial charge in [-0.05, 0) is 31.3 Å². The van der Waals surface area contributed by atoms with Gasteiger partial charge in [0.2, 0.25) is 5.91 Å². The number of fused-ring (bicyclic) bond motifs is 1. The van der Waals surface area contributed by atoms with Crippen LogP contribution in [-0.2, 0) is 4.79 Å². The predicted molar refractivity (Wildman–Crippen MR) is 98.6 cm³/mol. The molecule has 5 atom stereocenters. The van der Waals surface area contributed by atoms with Gasteiger partial charge >= 0.3 is 0 Å². The Hall–Kier alpha value is -0.950. The summed E-state index contributed by atoms with van der Waals surface area (Å²) in [6.07, 6.45) is 9.76. The first-order chi connectivity index (χ1) is 12.2. The average Bonchev–Trinajstić information content (AvgIpc) is 3.27. The van der Waals surface area contributed by atoms with Crippen molar-refractivity contribution in [2.24, 2.45) is 11.8 Å². The molecule has 0 bridgehead atoms. The van der Waals surface area contributed by atoms with Crippen LogP contribution in [0.15, 0.2) is 12.7 Å². The molecule has 3 saturated heterocycles. The zero-order valence-corrected chi connectivity index (χ0v) is 15.4. The van der Waals surface area contributed by atoms with Gasteiger partial charge in [0, 0.05) is 50.7 Å². The summed E-state index contributed by atoms with van der Waals surface area (Å²) in [5, 5.41) is 10.1. The van der Waals surface area contributed by atoms with Gasteiger partial charge in [-0.25, -0.2) is 5.01 Å². The number of likely N-dealkylation sites (tertiary alicyclic amines) is 1. The van der Waals surface area contributed by atoms with E-state index in [1.54, 1.807) is 0 Å². The van der Waals surface area contributed by atoms with Crippen LogP contribution in [-0.4, -0.2) is 66.8 Å². The molecule has 1 amide bonds. The maximum Gasteiger partial charge on any atom is 0.246 e. The highest BCUT2D eigenvalue weighted by Crippen LogP contribution is 2.33. The molecular formula is C19H33N5O. The van der Waals surface area contributed by atoms with Crippen molar-refractivity contribution in [3.05, 3.63) is 12.7 Å². The van der Waals surface area contributed by atoms with Crippen LogP contribution >= 0.6 is 0 Å². The van der Waals surface area contributed by atoms with Crippen LogP contribution < -0.4 is 16.1 Å². The Bertz CT molecular complexity index is 506. The molecule has 4 fully saturated rings. The third-order valence-electron chi connectivity index (χ3n) is 6.79. The van der Waals surface area contributed by atoms with E-state index in [9.17, 15) is 4.79 Å². The summed E-state index contributed by atoms with van der Waals surface area (Å²) in [4.78, 5) is 14.1. The highest BCUT2D eigenvalue weighted by Gasteiger charge is 2.48. The predicted octanol–water partition coefficient (Wildman–Crippen LogP) is 0.676. The van der Waals surface area contributed by atoms with Gasteiger partial charge < -0.3 is 4.90 Å². The van der Waals surface area contributed by atoms with Crippen LogP contribution in [0, 0.1) is 11.8 Å². The summed E-state index contributed by atoms with van der Waals surface area (Å²) < 4.78 is 0. The number of nitrogens with one attached hydrogen (secondary N) is 3. The second kappa shape index (κ2) is 7.35. The Morgan fingerprint density at radius 2 is 1.88 bits per heavy atom. The van der Waals surface area contributed by atoms with Crippen molar-refractivity contribution in [3.63, 3.8) is 0 Å². The summed E-state index contributed by atoms with van der Waals surface area (Å²) in [6.45, 7) is 6.42. The lowest BCUT2D eigenvalue weighted by Gasteiger charge is -2.46. The molecule has 4 rings (SSSR count). The zero-order valence-electron chi connectivity index (χ0n) is 15.4. The molecule has 0 aromatic rings. The van der Waals surface area contributed by atoms with E-state index in [2.05, 4.69) is 34.7 Å². The van der Waals surface area contributed by atoms with Gasteiger partial charge in [0.25, 0.3) is 0 Å². The number of carbonyl (C=O) groups is 1. The average molecular weight is 348 g/mol. The van der Waals surface area contributed by atoms with Crippen molar-refractivity contribution >= 4 is 5.91 Å². The minimum absolute atomic E-state index is 0.0701. The molecule has 6 heteroatoms. The van der Waals surface area contributed by atoms with Crippen LogP contribution in [0.25, 0.3) is 0 Å².